The van der Waals surface area contributed by atoms with E-state index in [0.717, 1.165) is 6.08 Å². The van der Waals surface area contributed by atoms with Crippen molar-refractivity contribution in [3.8, 4) is 0 Å². The molecule has 0 aromatic rings. The highest BCUT2D eigenvalue weighted by Gasteiger charge is 2.42. The van der Waals surface area contributed by atoms with Crippen LogP contribution in [0.1, 0.15) is 33.6 Å². The Labute approximate surface area is 112 Å². The molecule has 0 N–H and O–H groups in total. The lowest BCUT2D eigenvalue weighted by Crippen LogP contribution is -2.42. The zero-order valence-electron chi connectivity index (χ0n) is 11.7. The third-order valence-corrected chi connectivity index (χ3v) is 2.98. The Morgan fingerprint density at radius 2 is 2.05 bits per heavy atom. The first-order valence-electron chi connectivity index (χ1n) is 6.13. The van der Waals surface area contributed by atoms with Crippen LogP contribution in [0.2, 0.25) is 0 Å². The SMILES string of the molecule is CCOC(=O)/C=C(/C(=O)OC)N1C(=O)CCC1(C)C. The highest BCUT2D eigenvalue weighted by Crippen LogP contribution is 2.33. The second-order valence-corrected chi connectivity index (χ2v) is 4.81. The molecule has 1 amide bonds. The van der Waals surface area contributed by atoms with Crippen LogP contribution in [0.15, 0.2) is 11.8 Å². The van der Waals surface area contributed by atoms with Gasteiger partial charge in [-0.15, -0.1) is 0 Å². The van der Waals surface area contributed by atoms with Crippen molar-refractivity contribution in [3.05, 3.63) is 11.8 Å². The maximum atomic E-state index is 11.9. The number of nitrogens with zero attached hydrogens (tertiary/aromatic N) is 1. The lowest BCUT2D eigenvalue weighted by Gasteiger charge is -2.32. The number of carbonyl (C=O) groups is 3. The number of rotatable bonds is 4. The van der Waals surface area contributed by atoms with Crippen molar-refractivity contribution in [3.63, 3.8) is 0 Å². The first-order valence-corrected chi connectivity index (χ1v) is 6.13. The molecule has 0 spiro atoms. The predicted molar refractivity (Wildman–Crippen MR) is 66.9 cm³/mol. The van der Waals surface area contributed by atoms with E-state index in [0.29, 0.717) is 12.8 Å². The zero-order chi connectivity index (χ0) is 14.6. The lowest BCUT2D eigenvalue weighted by atomic mass is 10.0. The first kappa shape index (κ1) is 15.2. The fraction of sp³-hybridized carbons (Fsp3) is 0.615. The quantitative estimate of drug-likeness (QED) is 0.562. The van der Waals surface area contributed by atoms with Gasteiger partial charge in [-0.1, -0.05) is 0 Å². The van der Waals surface area contributed by atoms with E-state index in [4.69, 9.17) is 4.74 Å². The number of methoxy groups -OCH3 is 1. The van der Waals surface area contributed by atoms with Crippen molar-refractivity contribution in [2.75, 3.05) is 13.7 Å². The van der Waals surface area contributed by atoms with Crippen LogP contribution in [0.3, 0.4) is 0 Å². The smallest absolute Gasteiger partial charge is 0.355 e. The molecule has 0 atom stereocenters. The van der Waals surface area contributed by atoms with E-state index in [9.17, 15) is 14.4 Å². The molecule has 19 heavy (non-hydrogen) atoms. The van der Waals surface area contributed by atoms with Crippen molar-refractivity contribution in [1.82, 2.24) is 4.90 Å². The molecule has 0 aliphatic carbocycles. The van der Waals surface area contributed by atoms with Gasteiger partial charge in [-0.3, -0.25) is 4.79 Å². The van der Waals surface area contributed by atoms with Crippen LogP contribution in [0.4, 0.5) is 0 Å². The summed E-state index contributed by atoms with van der Waals surface area (Å²) in [6, 6.07) is 0. The third kappa shape index (κ3) is 3.33. The molecule has 0 aromatic carbocycles. The summed E-state index contributed by atoms with van der Waals surface area (Å²) in [5.41, 5.74) is -0.600. The minimum absolute atomic E-state index is 0.0755. The number of hydrogen-bond acceptors (Lipinski definition) is 5. The normalized spacial score (nSPS) is 18.4. The molecule has 1 aliphatic rings. The molecule has 1 heterocycles. The van der Waals surface area contributed by atoms with Gasteiger partial charge in [0.1, 0.15) is 5.70 Å². The maximum absolute atomic E-state index is 11.9. The van der Waals surface area contributed by atoms with Gasteiger partial charge in [0.15, 0.2) is 0 Å². The Morgan fingerprint density at radius 1 is 1.42 bits per heavy atom. The van der Waals surface area contributed by atoms with E-state index in [1.807, 2.05) is 13.8 Å². The molecule has 0 bridgehead atoms. The molecule has 6 heteroatoms. The van der Waals surface area contributed by atoms with Gasteiger partial charge < -0.3 is 14.4 Å². The van der Waals surface area contributed by atoms with Gasteiger partial charge in [0.05, 0.1) is 19.8 Å². The average Bonchev–Trinajstić information content (AvgIpc) is 2.60. The number of carbonyl (C=O) groups excluding carboxylic acids is 3. The Morgan fingerprint density at radius 3 is 2.47 bits per heavy atom. The van der Waals surface area contributed by atoms with E-state index in [1.165, 1.54) is 12.0 Å². The number of esters is 2. The van der Waals surface area contributed by atoms with E-state index >= 15 is 0 Å². The van der Waals surface area contributed by atoms with Crippen molar-refractivity contribution >= 4 is 17.8 Å². The summed E-state index contributed by atoms with van der Waals surface area (Å²) in [7, 11) is 1.20. The summed E-state index contributed by atoms with van der Waals surface area (Å²) in [5.74, 6) is -1.60. The largest absolute Gasteiger partial charge is 0.464 e. The van der Waals surface area contributed by atoms with Crippen LogP contribution in [-0.4, -0.2) is 42.0 Å². The molecule has 106 valence electrons. The molecular formula is C13H19NO5. The summed E-state index contributed by atoms with van der Waals surface area (Å²) in [6.45, 7) is 5.52. The zero-order valence-corrected chi connectivity index (χ0v) is 11.7. The Bertz CT molecular complexity index is 425. The van der Waals surface area contributed by atoms with Gasteiger partial charge in [-0.2, -0.15) is 0 Å². The molecule has 0 unspecified atom stereocenters. The Balaban J connectivity index is 3.14. The van der Waals surface area contributed by atoms with E-state index in [1.54, 1.807) is 6.92 Å². The highest BCUT2D eigenvalue weighted by molar-refractivity contribution is 6.00. The highest BCUT2D eigenvalue weighted by atomic mass is 16.5. The van der Waals surface area contributed by atoms with Gasteiger partial charge in [0, 0.05) is 12.0 Å². The third-order valence-electron chi connectivity index (χ3n) is 2.98. The topological polar surface area (TPSA) is 72.9 Å². The van der Waals surface area contributed by atoms with Gasteiger partial charge in [0.25, 0.3) is 0 Å². The monoisotopic (exact) mass is 269 g/mol. The van der Waals surface area contributed by atoms with Gasteiger partial charge >= 0.3 is 11.9 Å². The van der Waals surface area contributed by atoms with Crippen LogP contribution in [0, 0.1) is 0 Å². The van der Waals surface area contributed by atoms with Crippen molar-refractivity contribution in [1.29, 1.82) is 0 Å². The first-order chi connectivity index (χ1) is 8.83. The van der Waals surface area contributed by atoms with Crippen molar-refractivity contribution in [2.24, 2.45) is 0 Å². The number of ether oxygens (including phenoxy) is 2. The van der Waals surface area contributed by atoms with Gasteiger partial charge in [-0.25, -0.2) is 9.59 Å². The Hall–Kier alpha value is -1.85. The summed E-state index contributed by atoms with van der Waals surface area (Å²) in [5, 5.41) is 0. The van der Waals surface area contributed by atoms with Gasteiger partial charge in [-0.05, 0) is 27.2 Å². The molecule has 0 aromatic heterocycles. The van der Waals surface area contributed by atoms with Gasteiger partial charge in [0.2, 0.25) is 5.91 Å². The molecule has 1 aliphatic heterocycles. The molecule has 6 nitrogen and oxygen atoms in total. The van der Waals surface area contributed by atoms with E-state index < -0.39 is 17.5 Å². The maximum Gasteiger partial charge on any atom is 0.355 e. The van der Waals surface area contributed by atoms with Crippen LogP contribution in [0.5, 0.6) is 0 Å². The van der Waals surface area contributed by atoms with Crippen LogP contribution in [-0.2, 0) is 23.9 Å². The standard InChI is InChI=1S/C13H19NO5/c1-5-19-11(16)8-9(12(17)18-4)14-10(15)6-7-13(14,2)3/h8H,5-7H2,1-4H3/b9-8-. The summed E-state index contributed by atoms with van der Waals surface area (Å²) in [4.78, 5) is 36.5. The fourth-order valence-corrected chi connectivity index (χ4v) is 2.05. The predicted octanol–water partition coefficient (Wildman–Crippen LogP) is 1.01. The molecule has 0 radical (unpaired) electrons. The summed E-state index contributed by atoms with van der Waals surface area (Å²) < 4.78 is 9.41. The van der Waals surface area contributed by atoms with E-state index in [2.05, 4.69) is 4.74 Å². The molecule has 0 saturated carbocycles. The Kier molecular flexibility index (Phi) is 4.69. The minimum atomic E-state index is -0.726. The number of amides is 1. The van der Waals surface area contributed by atoms with Crippen molar-refractivity contribution < 1.29 is 23.9 Å². The molecule has 1 rings (SSSR count). The molecule has 1 saturated heterocycles. The summed E-state index contributed by atoms with van der Waals surface area (Å²) in [6.07, 6.45) is 1.97. The van der Waals surface area contributed by atoms with Crippen LogP contribution in [0.25, 0.3) is 0 Å². The average molecular weight is 269 g/mol. The van der Waals surface area contributed by atoms with Crippen LogP contribution >= 0.6 is 0 Å². The second kappa shape index (κ2) is 5.86. The second-order valence-electron chi connectivity index (χ2n) is 4.81. The molecular weight excluding hydrogens is 250 g/mol. The van der Waals surface area contributed by atoms with Crippen LogP contribution < -0.4 is 0 Å². The fourth-order valence-electron chi connectivity index (χ4n) is 2.05. The van der Waals surface area contributed by atoms with Crippen molar-refractivity contribution in [2.45, 2.75) is 39.2 Å². The lowest BCUT2D eigenvalue weighted by molar-refractivity contribution is -0.144. The summed E-state index contributed by atoms with van der Waals surface area (Å²) >= 11 is 0. The number of likely N-dealkylation sites (tertiary alicyclic amines) is 1. The number of hydrogen-bond donors (Lipinski definition) is 0. The van der Waals surface area contributed by atoms with E-state index in [-0.39, 0.29) is 18.2 Å². The molecule has 1 fully saturated rings. The minimum Gasteiger partial charge on any atom is -0.464 e.